The smallest absolute Gasteiger partial charge is 0.225 e. The third kappa shape index (κ3) is 4.28. The number of carbonyl (C=O) groups excluding carboxylic acids is 1. The Balaban J connectivity index is 1.60. The number of benzene rings is 1. The Bertz CT molecular complexity index is 952. The summed E-state index contributed by atoms with van der Waals surface area (Å²) < 4.78 is 1.68. The third-order valence-electron chi connectivity index (χ3n) is 3.49. The number of hydrogen-bond acceptors (Lipinski definition) is 7. The van der Waals surface area contributed by atoms with Crippen molar-refractivity contribution in [2.24, 2.45) is 0 Å². The van der Waals surface area contributed by atoms with Gasteiger partial charge in [0, 0.05) is 12.2 Å². The summed E-state index contributed by atoms with van der Waals surface area (Å²) >= 11 is 2.75. The first-order valence-electron chi connectivity index (χ1n) is 7.84. The number of nitrogens with zero attached hydrogens (tertiary/aromatic N) is 5. The number of amides is 1. The molecule has 1 aromatic carbocycles. The van der Waals surface area contributed by atoms with Crippen LogP contribution in [-0.4, -0.2) is 31.9 Å². The summed E-state index contributed by atoms with van der Waals surface area (Å²) in [6, 6.07) is 9.86. The van der Waals surface area contributed by atoms with Gasteiger partial charge in [0.2, 0.25) is 11.1 Å². The summed E-state index contributed by atoms with van der Waals surface area (Å²) in [6.07, 6.45) is 0.299. The van der Waals surface area contributed by atoms with Gasteiger partial charge in [-0.1, -0.05) is 17.8 Å². The second-order valence-electron chi connectivity index (χ2n) is 5.64. The lowest BCUT2D eigenvalue weighted by molar-refractivity contribution is -0.115. The lowest BCUT2D eigenvalue weighted by atomic mass is 10.1. The minimum Gasteiger partial charge on any atom is -0.317 e. The van der Waals surface area contributed by atoms with Gasteiger partial charge in [-0.2, -0.15) is 9.94 Å². The average molecular weight is 384 g/mol. The molecular formula is C17H16N6OS2. The van der Waals surface area contributed by atoms with Crippen LogP contribution in [0.15, 0.2) is 34.8 Å². The number of carbonyl (C=O) groups is 1. The molecule has 0 saturated heterocycles. The number of aryl methyl sites for hydroxylation is 2. The molecule has 3 aromatic rings. The van der Waals surface area contributed by atoms with Gasteiger partial charge in [0.15, 0.2) is 0 Å². The zero-order valence-electron chi connectivity index (χ0n) is 14.3. The van der Waals surface area contributed by atoms with E-state index in [1.165, 1.54) is 23.1 Å². The summed E-state index contributed by atoms with van der Waals surface area (Å²) in [5.41, 5.74) is 3.65. The second kappa shape index (κ2) is 8.12. The van der Waals surface area contributed by atoms with Crippen molar-refractivity contribution in [2.75, 3.05) is 11.1 Å². The molecule has 7 nitrogen and oxygen atoms in total. The molecule has 2 heterocycles. The fourth-order valence-corrected chi connectivity index (χ4v) is 4.00. The first kappa shape index (κ1) is 18.1. The normalized spacial score (nSPS) is 10.5. The molecule has 0 aliphatic heterocycles. The largest absolute Gasteiger partial charge is 0.317 e. The van der Waals surface area contributed by atoms with E-state index in [9.17, 15) is 4.79 Å². The summed E-state index contributed by atoms with van der Waals surface area (Å²) in [5, 5.41) is 26.6. The molecule has 0 radical (unpaired) electrons. The molecule has 9 heteroatoms. The number of thiophene rings is 1. The van der Waals surface area contributed by atoms with Gasteiger partial charge in [-0.25, -0.2) is 0 Å². The van der Waals surface area contributed by atoms with Crippen LogP contribution in [0.1, 0.15) is 23.1 Å². The van der Waals surface area contributed by atoms with E-state index in [-0.39, 0.29) is 5.91 Å². The van der Waals surface area contributed by atoms with E-state index in [4.69, 9.17) is 5.26 Å². The van der Waals surface area contributed by atoms with Crippen molar-refractivity contribution in [2.45, 2.75) is 25.4 Å². The van der Waals surface area contributed by atoms with Crippen molar-refractivity contribution in [1.82, 2.24) is 20.2 Å². The Labute approximate surface area is 159 Å². The van der Waals surface area contributed by atoms with E-state index in [1.807, 2.05) is 26.0 Å². The highest BCUT2D eigenvalue weighted by atomic mass is 32.2. The van der Waals surface area contributed by atoms with Crippen LogP contribution >= 0.6 is 23.1 Å². The summed E-state index contributed by atoms with van der Waals surface area (Å²) in [5.74, 6) is 0.395. The zero-order chi connectivity index (χ0) is 18.5. The molecule has 1 N–H and O–H groups in total. The highest BCUT2D eigenvalue weighted by Gasteiger charge is 2.12. The van der Waals surface area contributed by atoms with Gasteiger partial charge < -0.3 is 5.32 Å². The topological polar surface area (TPSA) is 96.5 Å². The Morgan fingerprint density at radius 3 is 2.85 bits per heavy atom. The summed E-state index contributed by atoms with van der Waals surface area (Å²) in [7, 11) is 0. The molecule has 132 valence electrons. The minimum absolute atomic E-state index is 0.137. The number of rotatable bonds is 6. The lowest BCUT2D eigenvalue weighted by Crippen LogP contribution is -2.12. The quantitative estimate of drug-likeness (QED) is 0.655. The van der Waals surface area contributed by atoms with Crippen LogP contribution in [0.3, 0.4) is 0 Å². The van der Waals surface area contributed by atoms with Gasteiger partial charge in [-0.15, -0.1) is 16.4 Å². The van der Waals surface area contributed by atoms with E-state index in [1.54, 1.807) is 16.1 Å². The first-order valence-corrected chi connectivity index (χ1v) is 9.70. The molecule has 1 amide bonds. The number of anilines is 1. The molecular weight excluding hydrogens is 368 g/mol. The molecule has 0 aliphatic carbocycles. The Kier molecular flexibility index (Phi) is 5.65. The SMILES string of the molecule is Cc1cc(C)cc(-n2nnnc2SCCC(=O)Nc2sccc2C#N)c1. The fraction of sp³-hybridized carbons (Fsp3) is 0.235. The standard InChI is InChI=1S/C17H16N6OS2/c1-11-7-12(2)9-14(8-11)23-17(20-21-22-23)26-6-4-15(24)19-16-13(10-18)3-5-25-16/h3,5,7-9H,4,6H2,1-2H3,(H,19,24). The Hall–Kier alpha value is -2.70. The van der Waals surface area contributed by atoms with E-state index in [0.717, 1.165) is 16.8 Å². The molecule has 0 aliphatic rings. The van der Waals surface area contributed by atoms with Crippen LogP contribution in [-0.2, 0) is 4.79 Å². The van der Waals surface area contributed by atoms with E-state index in [0.29, 0.717) is 27.9 Å². The molecule has 3 rings (SSSR count). The molecule has 0 saturated carbocycles. The Morgan fingerprint density at radius 1 is 1.35 bits per heavy atom. The fourth-order valence-electron chi connectivity index (χ4n) is 2.42. The van der Waals surface area contributed by atoms with Crippen molar-refractivity contribution in [3.63, 3.8) is 0 Å². The van der Waals surface area contributed by atoms with Crippen molar-refractivity contribution >= 4 is 34.0 Å². The number of hydrogen-bond donors (Lipinski definition) is 1. The van der Waals surface area contributed by atoms with Crippen molar-refractivity contribution in [3.8, 4) is 11.8 Å². The summed E-state index contributed by atoms with van der Waals surface area (Å²) in [6.45, 7) is 4.05. The highest BCUT2D eigenvalue weighted by molar-refractivity contribution is 7.99. The third-order valence-corrected chi connectivity index (χ3v) is 5.24. The predicted molar refractivity (Wildman–Crippen MR) is 102 cm³/mol. The number of nitrogens with one attached hydrogen (secondary N) is 1. The monoisotopic (exact) mass is 384 g/mol. The maximum Gasteiger partial charge on any atom is 0.225 e. The zero-order valence-corrected chi connectivity index (χ0v) is 15.9. The van der Waals surface area contributed by atoms with Gasteiger partial charge in [-0.05, 0) is 59.0 Å². The van der Waals surface area contributed by atoms with Gasteiger partial charge >= 0.3 is 0 Å². The number of thioether (sulfide) groups is 1. The van der Waals surface area contributed by atoms with Crippen molar-refractivity contribution in [3.05, 3.63) is 46.3 Å². The first-order chi connectivity index (χ1) is 12.6. The molecule has 0 atom stereocenters. The maximum atomic E-state index is 12.1. The Morgan fingerprint density at radius 2 is 2.12 bits per heavy atom. The average Bonchev–Trinajstić information content (AvgIpc) is 3.23. The van der Waals surface area contributed by atoms with Crippen molar-refractivity contribution in [1.29, 1.82) is 5.26 Å². The molecule has 0 unspecified atom stereocenters. The number of tetrazole rings is 1. The molecule has 2 aromatic heterocycles. The van der Waals surface area contributed by atoms with Gasteiger partial charge in [0.05, 0.1) is 11.3 Å². The number of nitriles is 1. The number of aromatic nitrogens is 4. The molecule has 0 bridgehead atoms. The van der Waals surface area contributed by atoms with Crippen LogP contribution in [0.5, 0.6) is 0 Å². The van der Waals surface area contributed by atoms with Crippen LogP contribution in [0.25, 0.3) is 5.69 Å². The van der Waals surface area contributed by atoms with Crippen LogP contribution in [0, 0.1) is 25.2 Å². The van der Waals surface area contributed by atoms with Crippen LogP contribution in [0.4, 0.5) is 5.00 Å². The molecule has 0 fully saturated rings. The van der Waals surface area contributed by atoms with E-state index >= 15 is 0 Å². The van der Waals surface area contributed by atoms with E-state index < -0.39 is 0 Å². The second-order valence-corrected chi connectivity index (χ2v) is 7.62. The minimum atomic E-state index is -0.137. The van der Waals surface area contributed by atoms with Gasteiger partial charge in [-0.3, -0.25) is 4.79 Å². The maximum absolute atomic E-state index is 12.1. The molecule has 26 heavy (non-hydrogen) atoms. The highest BCUT2D eigenvalue weighted by Crippen LogP contribution is 2.23. The van der Waals surface area contributed by atoms with Crippen LogP contribution < -0.4 is 5.32 Å². The van der Waals surface area contributed by atoms with E-state index in [2.05, 4.69) is 33.0 Å². The van der Waals surface area contributed by atoms with Gasteiger partial charge in [0.25, 0.3) is 0 Å². The van der Waals surface area contributed by atoms with Gasteiger partial charge in [0.1, 0.15) is 11.1 Å². The van der Waals surface area contributed by atoms with Crippen molar-refractivity contribution < 1.29 is 4.79 Å². The molecule has 0 spiro atoms. The van der Waals surface area contributed by atoms with Crippen LogP contribution in [0.2, 0.25) is 0 Å². The predicted octanol–water partition coefficient (Wildman–Crippen LogP) is 3.33. The lowest BCUT2D eigenvalue weighted by Gasteiger charge is -2.07. The summed E-state index contributed by atoms with van der Waals surface area (Å²) in [4.78, 5) is 12.1.